The van der Waals surface area contributed by atoms with E-state index in [1.807, 2.05) is 5.32 Å². The minimum Gasteiger partial charge on any atom is -0.465 e. The van der Waals surface area contributed by atoms with E-state index in [1.54, 1.807) is 16.5 Å². The first-order chi connectivity index (χ1) is 16.3. The molecule has 2 bridgehead atoms. The second kappa shape index (κ2) is 8.36. The number of hydrogen-bond acceptors (Lipinski definition) is 9. The number of nitrogens with one attached hydrogen (secondary N) is 1. The summed E-state index contributed by atoms with van der Waals surface area (Å²) in [6, 6.07) is 2.47. The largest absolute Gasteiger partial charge is 0.482 e. The van der Waals surface area contributed by atoms with Crippen molar-refractivity contribution in [3.8, 4) is 16.3 Å². The van der Waals surface area contributed by atoms with Crippen molar-refractivity contribution in [2.75, 3.05) is 31.1 Å². The Labute approximate surface area is 194 Å². The summed E-state index contributed by atoms with van der Waals surface area (Å²) in [7, 11) is 0. The zero-order valence-corrected chi connectivity index (χ0v) is 18.3. The summed E-state index contributed by atoms with van der Waals surface area (Å²) in [6.45, 7) is -0.163. The highest BCUT2D eigenvalue weighted by Crippen LogP contribution is 2.41. The molecule has 0 saturated carbocycles. The summed E-state index contributed by atoms with van der Waals surface area (Å²) in [4.78, 5) is 34.9. The molecule has 2 atom stereocenters. The summed E-state index contributed by atoms with van der Waals surface area (Å²) in [5, 5.41) is 22.3. The number of ether oxygens (including phenoxy) is 1. The summed E-state index contributed by atoms with van der Waals surface area (Å²) in [5.41, 5.74) is 0.647. The number of piperidine rings is 1. The molecule has 3 saturated heterocycles. The van der Waals surface area contributed by atoms with Crippen molar-refractivity contribution in [2.45, 2.75) is 24.6 Å². The molecule has 1 aromatic carbocycles. The lowest BCUT2D eigenvalue weighted by molar-refractivity contribution is -0.192. The van der Waals surface area contributed by atoms with Gasteiger partial charge in [-0.15, -0.1) is 11.3 Å². The Kier molecular flexibility index (Phi) is 5.48. The van der Waals surface area contributed by atoms with Gasteiger partial charge in [0.2, 0.25) is 0 Å². The molecule has 3 fully saturated rings. The van der Waals surface area contributed by atoms with Crippen LogP contribution in [0.1, 0.15) is 6.42 Å². The number of aliphatic hydroxyl groups excluding tert-OH is 1. The molecule has 11 nitrogen and oxygen atoms in total. The van der Waals surface area contributed by atoms with Gasteiger partial charge in [0.15, 0.2) is 16.8 Å². The van der Waals surface area contributed by atoms with Crippen molar-refractivity contribution in [3.05, 3.63) is 23.7 Å². The predicted molar refractivity (Wildman–Crippen MR) is 115 cm³/mol. The van der Waals surface area contributed by atoms with E-state index in [9.17, 15) is 23.5 Å². The molecule has 3 N–H and O–H groups in total. The molecule has 2 unspecified atom stereocenters. The van der Waals surface area contributed by atoms with Gasteiger partial charge in [-0.25, -0.2) is 9.78 Å². The Balaban J connectivity index is 1.50. The number of anilines is 1. The number of rotatable bonds is 7. The zero-order valence-electron chi connectivity index (χ0n) is 17.5. The number of piperazine rings is 1. The Morgan fingerprint density at radius 2 is 2.09 bits per heavy atom. The first-order valence-corrected chi connectivity index (χ1v) is 11.2. The van der Waals surface area contributed by atoms with Gasteiger partial charge in [0.1, 0.15) is 5.01 Å². The highest BCUT2D eigenvalue weighted by Gasteiger charge is 2.48. The third kappa shape index (κ3) is 3.77. The average Bonchev–Trinajstić information content (AvgIpc) is 3.48. The maximum Gasteiger partial charge on any atom is 0.482 e. The van der Waals surface area contributed by atoms with Crippen LogP contribution < -0.4 is 15.0 Å². The number of carbonyl (C=O) groups is 2. The maximum atomic E-state index is 14.4. The van der Waals surface area contributed by atoms with Crippen LogP contribution in [-0.2, 0) is 4.79 Å². The van der Waals surface area contributed by atoms with E-state index < -0.39 is 24.7 Å². The molecule has 2 amide bonds. The van der Waals surface area contributed by atoms with Crippen molar-refractivity contribution in [2.24, 2.45) is 0 Å². The number of amides is 2. The second-order valence-electron chi connectivity index (χ2n) is 7.86. The van der Waals surface area contributed by atoms with E-state index in [-0.39, 0.29) is 41.5 Å². The van der Waals surface area contributed by atoms with Crippen LogP contribution >= 0.6 is 11.3 Å². The molecule has 0 radical (unpaired) electrons. The molecule has 14 heteroatoms. The monoisotopic (exact) mass is 495 g/mol. The first-order valence-electron chi connectivity index (χ1n) is 10.3. The van der Waals surface area contributed by atoms with Gasteiger partial charge in [0.25, 0.3) is 6.01 Å². The molecule has 180 valence electrons. The highest BCUT2D eigenvalue weighted by atomic mass is 32.1. The standard InChI is InChI=1S/C20H19F2N5O6S/c21-20(22,17(29)24-3-5-28)33-13-2-1-12(16-23-4-6-34-16)15-14(13)25-18(32-15)26-8-10-7-11(9-26)27(10)19(30)31/h1-2,4,6,10-11,28H,3,5,7-9H2,(H,24,29)(H,30,31). The minimum absolute atomic E-state index is 0.0216. The smallest absolute Gasteiger partial charge is 0.465 e. The van der Waals surface area contributed by atoms with Crippen molar-refractivity contribution < 1.29 is 37.7 Å². The fraction of sp³-hybridized carbons (Fsp3) is 0.400. The summed E-state index contributed by atoms with van der Waals surface area (Å²) < 4.78 is 39.5. The van der Waals surface area contributed by atoms with Crippen LogP contribution in [0.15, 0.2) is 28.1 Å². The zero-order chi connectivity index (χ0) is 24.0. The van der Waals surface area contributed by atoms with Crippen molar-refractivity contribution in [3.63, 3.8) is 0 Å². The topological polar surface area (TPSA) is 141 Å². The van der Waals surface area contributed by atoms with E-state index in [4.69, 9.17) is 14.3 Å². The summed E-state index contributed by atoms with van der Waals surface area (Å²) >= 11 is 1.32. The van der Waals surface area contributed by atoms with Crippen molar-refractivity contribution in [1.82, 2.24) is 20.2 Å². The fourth-order valence-corrected chi connectivity index (χ4v) is 4.91. The quantitative estimate of drug-likeness (QED) is 0.449. The van der Waals surface area contributed by atoms with Crippen LogP contribution in [-0.4, -0.2) is 81.5 Å². The Morgan fingerprint density at radius 3 is 2.74 bits per heavy atom. The number of alkyl halides is 2. The van der Waals surface area contributed by atoms with Crippen LogP contribution in [0, 0.1) is 0 Å². The van der Waals surface area contributed by atoms with E-state index >= 15 is 0 Å². The molecule has 34 heavy (non-hydrogen) atoms. The normalized spacial score (nSPS) is 19.7. The highest BCUT2D eigenvalue weighted by molar-refractivity contribution is 7.13. The van der Waals surface area contributed by atoms with Crippen molar-refractivity contribution >= 4 is 40.5 Å². The van der Waals surface area contributed by atoms with Gasteiger partial charge in [0, 0.05) is 31.2 Å². The number of oxazole rings is 1. The summed E-state index contributed by atoms with van der Waals surface area (Å²) in [6.07, 6.45) is -2.89. The second-order valence-corrected chi connectivity index (χ2v) is 8.75. The van der Waals surface area contributed by atoms with Gasteiger partial charge >= 0.3 is 18.1 Å². The molecule has 2 aromatic heterocycles. The molecule has 5 heterocycles. The Bertz CT molecular complexity index is 1220. The molecular formula is C20H19F2N5O6S. The predicted octanol–water partition coefficient (Wildman–Crippen LogP) is 1.97. The number of aliphatic hydroxyl groups is 1. The third-order valence-corrected chi connectivity index (χ3v) is 6.55. The first kappa shape index (κ1) is 22.3. The molecule has 0 spiro atoms. The number of halogens is 2. The van der Waals surface area contributed by atoms with Crippen LogP contribution in [0.5, 0.6) is 5.75 Å². The number of benzene rings is 1. The minimum atomic E-state index is -4.22. The summed E-state index contributed by atoms with van der Waals surface area (Å²) in [5.74, 6) is -2.07. The lowest BCUT2D eigenvalue weighted by Gasteiger charge is -2.54. The number of carbonyl (C=O) groups excluding carboxylic acids is 1. The lowest BCUT2D eigenvalue weighted by Crippen LogP contribution is -2.70. The number of fused-ring (bicyclic) bond motifs is 3. The van der Waals surface area contributed by atoms with Gasteiger partial charge in [-0.05, 0) is 18.6 Å². The third-order valence-electron chi connectivity index (χ3n) is 5.74. The van der Waals surface area contributed by atoms with E-state index in [0.717, 1.165) is 6.42 Å². The van der Waals surface area contributed by atoms with E-state index in [1.165, 1.54) is 28.4 Å². The molecule has 3 aliphatic heterocycles. The Hall–Kier alpha value is -3.52. The Morgan fingerprint density at radius 1 is 1.32 bits per heavy atom. The SMILES string of the molecule is O=C(O)N1C2CC1CN(c1nc3c(OC(F)(F)C(=O)NCCO)ccc(-c4nccs4)c3o1)C2. The number of aromatic nitrogens is 2. The van der Waals surface area contributed by atoms with Crippen LogP contribution in [0.3, 0.4) is 0 Å². The van der Waals surface area contributed by atoms with Crippen LogP contribution in [0.2, 0.25) is 0 Å². The van der Waals surface area contributed by atoms with E-state index in [2.05, 4.69) is 9.97 Å². The molecule has 3 aliphatic rings. The lowest BCUT2D eigenvalue weighted by atomic mass is 9.88. The van der Waals surface area contributed by atoms with Gasteiger partial charge in [-0.1, -0.05) is 0 Å². The average molecular weight is 495 g/mol. The van der Waals surface area contributed by atoms with Crippen LogP contribution in [0.4, 0.5) is 19.6 Å². The fourth-order valence-electron chi connectivity index (χ4n) is 4.25. The van der Waals surface area contributed by atoms with Crippen molar-refractivity contribution in [1.29, 1.82) is 0 Å². The maximum absolute atomic E-state index is 14.4. The van der Waals surface area contributed by atoms with Gasteiger partial charge in [0.05, 0.1) is 24.3 Å². The number of hydrogen-bond donors (Lipinski definition) is 3. The molecular weight excluding hydrogens is 476 g/mol. The molecule has 6 rings (SSSR count). The van der Waals surface area contributed by atoms with Gasteiger partial charge < -0.3 is 29.6 Å². The van der Waals surface area contributed by atoms with Gasteiger partial charge in [-0.2, -0.15) is 13.8 Å². The molecule has 3 aromatic rings. The van der Waals surface area contributed by atoms with E-state index in [0.29, 0.717) is 23.7 Å². The number of nitrogens with zero attached hydrogens (tertiary/aromatic N) is 4. The number of thiazole rings is 1. The van der Waals surface area contributed by atoms with Crippen LogP contribution in [0.25, 0.3) is 21.7 Å². The number of carboxylic acid groups (broad SMARTS) is 1. The molecule has 0 aliphatic carbocycles. The van der Waals surface area contributed by atoms with Gasteiger partial charge in [-0.3, -0.25) is 9.69 Å².